The lowest BCUT2D eigenvalue weighted by Crippen LogP contribution is -2.62. The largest absolute Gasteiger partial charge is 0.479 e. The van der Waals surface area contributed by atoms with E-state index in [1.54, 1.807) is 13.0 Å². The van der Waals surface area contributed by atoms with Crippen LogP contribution in [0.5, 0.6) is 0 Å². The van der Waals surface area contributed by atoms with Gasteiger partial charge in [0.05, 0.1) is 0 Å². The molecule has 5 N–H and O–H groups in total. The molecule has 11 heteroatoms. The number of allylic oxidation sites excluding steroid dienone is 1. The van der Waals surface area contributed by atoms with E-state index in [2.05, 4.69) is 6.92 Å². The van der Waals surface area contributed by atoms with Crippen molar-refractivity contribution in [3.05, 3.63) is 11.6 Å². The summed E-state index contributed by atoms with van der Waals surface area (Å²) in [7, 11) is 0. The predicted molar refractivity (Wildman–Crippen MR) is 127 cm³/mol. The molecule has 4 aliphatic carbocycles. The van der Waals surface area contributed by atoms with Gasteiger partial charge in [0, 0.05) is 24.2 Å². The molecule has 11 atom stereocenters. The molecule has 1 saturated heterocycles. The normalized spacial score (nSPS) is 48.5. The van der Waals surface area contributed by atoms with Crippen molar-refractivity contribution >= 4 is 23.3 Å². The van der Waals surface area contributed by atoms with E-state index in [9.17, 15) is 44.7 Å². The van der Waals surface area contributed by atoms with Crippen LogP contribution in [0, 0.1) is 28.6 Å². The average molecular weight is 537 g/mol. The Labute approximate surface area is 219 Å². The Balaban J connectivity index is 1.34. The van der Waals surface area contributed by atoms with Gasteiger partial charge in [0.25, 0.3) is 0 Å². The van der Waals surface area contributed by atoms with Crippen LogP contribution in [0.1, 0.15) is 58.8 Å². The summed E-state index contributed by atoms with van der Waals surface area (Å²) in [4.78, 5) is 50.5. The molecule has 0 unspecified atom stereocenters. The zero-order chi connectivity index (χ0) is 27.8. The molecule has 5 rings (SSSR count). The molecular weight excluding hydrogens is 500 g/mol. The van der Waals surface area contributed by atoms with Gasteiger partial charge in [-0.15, -0.1) is 0 Å². The van der Waals surface area contributed by atoms with Gasteiger partial charge in [-0.3, -0.25) is 14.4 Å². The number of rotatable bonds is 5. The fourth-order valence-electron chi connectivity index (χ4n) is 8.31. The van der Waals surface area contributed by atoms with Gasteiger partial charge in [-0.2, -0.15) is 0 Å². The molecule has 5 aliphatic rings. The highest BCUT2D eigenvalue weighted by Gasteiger charge is 2.68. The summed E-state index contributed by atoms with van der Waals surface area (Å²) in [6, 6.07) is 0. The maximum absolute atomic E-state index is 13.7. The number of fused-ring (bicyclic) bond motifs is 5. The first-order chi connectivity index (χ1) is 17.7. The molecule has 38 heavy (non-hydrogen) atoms. The maximum Gasteiger partial charge on any atom is 0.335 e. The lowest BCUT2D eigenvalue weighted by atomic mass is 9.46. The van der Waals surface area contributed by atoms with Crippen LogP contribution in [0.25, 0.3) is 0 Å². The monoisotopic (exact) mass is 536 g/mol. The van der Waals surface area contributed by atoms with Crippen LogP contribution in [0.15, 0.2) is 11.6 Å². The highest BCUT2D eigenvalue weighted by molar-refractivity contribution is 5.94. The molecular formula is C27H36O11. The summed E-state index contributed by atoms with van der Waals surface area (Å²) >= 11 is 0. The molecule has 0 bridgehead atoms. The second-order valence-electron chi connectivity index (χ2n) is 12.3. The van der Waals surface area contributed by atoms with E-state index in [1.807, 2.05) is 0 Å². The van der Waals surface area contributed by atoms with Gasteiger partial charge < -0.3 is 35.0 Å². The van der Waals surface area contributed by atoms with Crippen molar-refractivity contribution in [3.63, 3.8) is 0 Å². The van der Waals surface area contributed by atoms with Gasteiger partial charge >= 0.3 is 5.97 Å². The number of aliphatic hydroxyl groups excluding tert-OH is 3. The van der Waals surface area contributed by atoms with Crippen molar-refractivity contribution in [1.29, 1.82) is 0 Å². The van der Waals surface area contributed by atoms with Crippen LogP contribution in [0.2, 0.25) is 0 Å². The molecule has 3 saturated carbocycles. The van der Waals surface area contributed by atoms with Gasteiger partial charge in [-0.05, 0) is 55.4 Å². The highest BCUT2D eigenvalue weighted by Crippen LogP contribution is 2.66. The van der Waals surface area contributed by atoms with E-state index in [-0.39, 0.29) is 42.2 Å². The van der Waals surface area contributed by atoms with Crippen LogP contribution < -0.4 is 0 Å². The first-order valence-electron chi connectivity index (χ1n) is 13.3. The SMILES string of the molecule is C[C@]12CCC(=O)C=C1CC[C@@H]1[C@@H]2C(=O)C[C@@]2(C)[C@H]1CC[C@@]2(O)C(=O)CO[C@H]1O[C@@H](C(=O)O)[C@@H](O)[C@@H](O)[C@@H]1O. The number of carbonyl (C=O) groups excluding carboxylic acids is 3. The fraction of sp³-hybridized carbons (Fsp3) is 0.778. The van der Waals surface area contributed by atoms with Gasteiger partial charge in [-0.25, -0.2) is 4.79 Å². The van der Waals surface area contributed by atoms with Gasteiger partial charge in [0.2, 0.25) is 0 Å². The number of carbonyl (C=O) groups is 4. The number of Topliss-reactive ketones (excluding diaryl/α,β-unsaturated/α-hetero) is 2. The molecule has 1 heterocycles. The Morgan fingerprint density at radius 1 is 1.05 bits per heavy atom. The Hall–Kier alpha value is -2.02. The molecule has 4 fully saturated rings. The lowest BCUT2D eigenvalue weighted by Gasteiger charge is -2.57. The minimum atomic E-state index is -1.90. The quantitative estimate of drug-likeness (QED) is 0.316. The molecule has 1 aliphatic heterocycles. The van der Waals surface area contributed by atoms with Crippen LogP contribution in [-0.2, 0) is 28.7 Å². The first-order valence-corrected chi connectivity index (χ1v) is 13.3. The third kappa shape index (κ3) is 3.85. The lowest BCUT2D eigenvalue weighted by molar-refractivity contribution is -0.293. The molecule has 0 spiro atoms. The Kier molecular flexibility index (Phi) is 6.72. The van der Waals surface area contributed by atoms with Crippen LogP contribution in [0.3, 0.4) is 0 Å². The van der Waals surface area contributed by atoms with E-state index < -0.39 is 65.5 Å². The van der Waals surface area contributed by atoms with E-state index in [0.29, 0.717) is 32.1 Å². The number of ether oxygens (including phenoxy) is 2. The van der Waals surface area contributed by atoms with Crippen molar-refractivity contribution in [3.8, 4) is 0 Å². The molecule has 0 aromatic heterocycles. The maximum atomic E-state index is 13.7. The Morgan fingerprint density at radius 3 is 2.45 bits per heavy atom. The highest BCUT2D eigenvalue weighted by atomic mass is 16.7. The van der Waals surface area contributed by atoms with Crippen LogP contribution >= 0.6 is 0 Å². The van der Waals surface area contributed by atoms with Gasteiger partial charge in [0.15, 0.2) is 24.0 Å². The molecule has 210 valence electrons. The number of hydrogen-bond donors (Lipinski definition) is 5. The van der Waals surface area contributed by atoms with E-state index in [0.717, 1.165) is 5.57 Å². The minimum absolute atomic E-state index is 0.00639. The number of ketones is 3. The summed E-state index contributed by atoms with van der Waals surface area (Å²) in [5.74, 6) is -2.62. The van der Waals surface area contributed by atoms with E-state index >= 15 is 0 Å². The van der Waals surface area contributed by atoms with Gasteiger partial charge in [0.1, 0.15) is 36.3 Å². The van der Waals surface area contributed by atoms with E-state index in [1.165, 1.54) is 0 Å². The zero-order valence-electron chi connectivity index (χ0n) is 21.5. The van der Waals surface area contributed by atoms with Gasteiger partial charge in [-0.1, -0.05) is 19.4 Å². The summed E-state index contributed by atoms with van der Waals surface area (Å²) in [5.41, 5.74) is -2.30. The van der Waals surface area contributed by atoms with Crippen LogP contribution in [0.4, 0.5) is 0 Å². The summed E-state index contributed by atoms with van der Waals surface area (Å²) in [5, 5.41) is 51.0. The number of aliphatic hydroxyl groups is 4. The summed E-state index contributed by atoms with van der Waals surface area (Å²) in [6.07, 6.45) is -4.39. The smallest absolute Gasteiger partial charge is 0.335 e. The fourth-order valence-corrected chi connectivity index (χ4v) is 8.31. The Morgan fingerprint density at radius 2 is 1.76 bits per heavy atom. The van der Waals surface area contributed by atoms with Crippen molar-refractivity contribution in [2.75, 3.05) is 6.61 Å². The van der Waals surface area contributed by atoms with Crippen LogP contribution in [-0.4, -0.2) is 91.8 Å². The average Bonchev–Trinajstić information content (AvgIpc) is 3.13. The summed E-state index contributed by atoms with van der Waals surface area (Å²) < 4.78 is 10.4. The van der Waals surface area contributed by atoms with Crippen molar-refractivity contribution in [2.45, 2.75) is 95.1 Å². The topological polar surface area (TPSA) is 188 Å². The zero-order valence-corrected chi connectivity index (χ0v) is 21.5. The predicted octanol–water partition coefficient (Wildman–Crippen LogP) is -0.0937. The second-order valence-corrected chi connectivity index (χ2v) is 12.3. The van der Waals surface area contributed by atoms with Crippen molar-refractivity contribution in [2.24, 2.45) is 28.6 Å². The Bertz CT molecular complexity index is 1080. The third-order valence-corrected chi connectivity index (χ3v) is 10.5. The number of carboxylic acid groups (broad SMARTS) is 1. The first kappa shape index (κ1) is 27.5. The molecule has 0 aromatic carbocycles. The van der Waals surface area contributed by atoms with Crippen molar-refractivity contribution < 1.29 is 54.2 Å². The molecule has 0 radical (unpaired) electrons. The molecule has 0 aromatic rings. The molecule has 11 nitrogen and oxygen atoms in total. The third-order valence-electron chi connectivity index (χ3n) is 10.5. The molecule has 0 amide bonds. The van der Waals surface area contributed by atoms with Crippen molar-refractivity contribution in [1.82, 2.24) is 0 Å². The second kappa shape index (κ2) is 9.28. The minimum Gasteiger partial charge on any atom is -0.479 e. The number of hydrogen-bond acceptors (Lipinski definition) is 10. The standard InChI is InChI=1S/C27H36O11/c1-25-7-5-13(28)9-12(25)3-4-14-15-6-8-27(36,26(15,2)10-16(29)18(14)25)17(30)11-37-24-21(33)19(31)20(32)22(38-24)23(34)35/h9,14-15,18-22,24,31-33,36H,3-8,10-11H2,1-2H3,(H,34,35)/t14-,15-,18+,19+,20-,21-,22+,24-,25-,26-,27+/m0/s1. The number of carboxylic acids is 1. The number of aliphatic carboxylic acids is 1. The van der Waals surface area contributed by atoms with E-state index in [4.69, 9.17) is 9.47 Å². The summed E-state index contributed by atoms with van der Waals surface area (Å²) in [6.45, 7) is 3.08.